The second-order valence-electron chi connectivity index (χ2n) is 6.28. The second kappa shape index (κ2) is 8.31. The van der Waals surface area contributed by atoms with Crippen LogP contribution in [0.4, 0.5) is 0 Å². The van der Waals surface area contributed by atoms with E-state index in [0.29, 0.717) is 18.1 Å². The highest BCUT2D eigenvalue weighted by Crippen LogP contribution is 2.32. The molecule has 3 nitrogen and oxygen atoms in total. The first-order chi connectivity index (χ1) is 11.9. The second-order valence-corrected chi connectivity index (χ2v) is 6.28. The largest absolute Gasteiger partial charge is 0.391 e. The molecule has 3 heteroatoms. The van der Waals surface area contributed by atoms with Crippen molar-refractivity contribution >= 4 is 6.21 Å². The topological polar surface area (TPSA) is 45.4 Å². The van der Waals surface area contributed by atoms with Gasteiger partial charge >= 0.3 is 0 Å². The standard InChI is InChI=1S/C21H22N2O/c22-14-20-10-4-5-11-21(20)16-24-23-15-17-7-6-12-19(13-17)18-8-2-1-3-9-18/h4-7,10-13,15,18H,1-3,8-9,16H2. The van der Waals surface area contributed by atoms with Gasteiger partial charge in [0.05, 0.1) is 17.8 Å². The van der Waals surface area contributed by atoms with Gasteiger partial charge in [-0.3, -0.25) is 0 Å². The van der Waals surface area contributed by atoms with Crippen LogP contribution in [0.3, 0.4) is 0 Å². The molecule has 1 aliphatic carbocycles. The average Bonchev–Trinajstić information content (AvgIpc) is 2.66. The fourth-order valence-corrected chi connectivity index (χ4v) is 3.29. The van der Waals surface area contributed by atoms with Crippen molar-refractivity contribution < 1.29 is 4.84 Å². The van der Waals surface area contributed by atoms with Crippen LogP contribution < -0.4 is 0 Å². The first-order valence-corrected chi connectivity index (χ1v) is 8.60. The zero-order chi connectivity index (χ0) is 16.6. The highest BCUT2D eigenvalue weighted by atomic mass is 16.6. The molecular weight excluding hydrogens is 296 g/mol. The minimum atomic E-state index is 0.308. The molecule has 1 saturated carbocycles. The number of rotatable bonds is 5. The van der Waals surface area contributed by atoms with Crippen LogP contribution >= 0.6 is 0 Å². The average molecular weight is 318 g/mol. The molecule has 3 rings (SSSR count). The lowest BCUT2D eigenvalue weighted by Gasteiger charge is -2.22. The summed E-state index contributed by atoms with van der Waals surface area (Å²) in [5.41, 5.74) is 3.96. The maximum Gasteiger partial charge on any atom is 0.143 e. The van der Waals surface area contributed by atoms with Crippen LogP contribution in [0.25, 0.3) is 0 Å². The Hall–Kier alpha value is -2.60. The van der Waals surface area contributed by atoms with Gasteiger partial charge in [-0.2, -0.15) is 5.26 Å². The van der Waals surface area contributed by atoms with E-state index in [0.717, 1.165) is 11.1 Å². The van der Waals surface area contributed by atoms with Gasteiger partial charge in [0, 0.05) is 5.56 Å². The lowest BCUT2D eigenvalue weighted by atomic mass is 9.84. The van der Waals surface area contributed by atoms with Gasteiger partial charge in [0.15, 0.2) is 0 Å². The van der Waals surface area contributed by atoms with Gasteiger partial charge in [-0.15, -0.1) is 0 Å². The van der Waals surface area contributed by atoms with Gasteiger partial charge in [-0.1, -0.05) is 60.8 Å². The van der Waals surface area contributed by atoms with Gasteiger partial charge in [0.25, 0.3) is 0 Å². The molecule has 0 heterocycles. The van der Waals surface area contributed by atoms with E-state index in [1.807, 2.05) is 24.3 Å². The van der Waals surface area contributed by atoms with Crippen LogP contribution in [0.2, 0.25) is 0 Å². The van der Waals surface area contributed by atoms with Gasteiger partial charge in [0.2, 0.25) is 0 Å². The fourth-order valence-electron chi connectivity index (χ4n) is 3.29. The number of oxime groups is 1. The third kappa shape index (κ3) is 4.23. The predicted molar refractivity (Wildman–Crippen MR) is 95.8 cm³/mol. The van der Waals surface area contributed by atoms with E-state index in [1.165, 1.54) is 37.7 Å². The maximum atomic E-state index is 9.06. The molecule has 0 N–H and O–H groups in total. The summed E-state index contributed by atoms with van der Waals surface area (Å²) in [5.74, 6) is 0.690. The monoisotopic (exact) mass is 318 g/mol. The van der Waals surface area contributed by atoms with Gasteiger partial charge < -0.3 is 4.84 Å². The molecule has 0 atom stereocenters. The fraction of sp³-hybridized carbons (Fsp3) is 0.333. The molecule has 0 amide bonds. The van der Waals surface area contributed by atoms with Crippen molar-refractivity contribution in [1.29, 1.82) is 5.26 Å². The van der Waals surface area contributed by atoms with Gasteiger partial charge in [0.1, 0.15) is 6.61 Å². The molecule has 0 bridgehead atoms. The molecule has 2 aromatic carbocycles. The highest BCUT2D eigenvalue weighted by molar-refractivity contribution is 5.79. The molecule has 0 aromatic heterocycles. The molecule has 1 aliphatic rings. The summed E-state index contributed by atoms with van der Waals surface area (Å²) >= 11 is 0. The van der Waals surface area contributed by atoms with Crippen LogP contribution in [-0.4, -0.2) is 6.21 Å². The molecule has 0 unspecified atom stereocenters. The third-order valence-corrected chi connectivity index (χ3v) is 4.62. The molecular formula is C21H22N2O. The summed E-state index contributed by atoms with van der Waals surface area (Å²) in [6, 6.07) is 18.2. The Bertz CT molecular complexity index is 739. The summed E-state index contributed by atoms with van der Waals surface area (Å²) in [6.45, 7) is 0.308. The third-order valence-electron chi connectivity index (χ3n) is 4.62. The molecule has 2 aromatic rings. The van der Waals surface area contributed by atoms with Gasteiger partial charge in [-0.05, 0) is 42.0 Å². The molecule has 1 fully saturated rings. The number of nitrogens with zero attached hydrogens (tertiary/aromatic N) is 2. The van der Waals surface area contributed by atoms with Crippen LogP contribution in [0.15, 0.2) is 53.7 Å². The Morgan fingerprint density at radius 2 is 1.92 bits per heavy atom. The van der Waals surface area contributed by atoms with Crippen molar-refractivity contribution in [3.8, 4) is 6.07 Å². The molecule has 122 valence electrons. The molecule has 0 radical (unpaired) electrons. The highest BCUT2D eigenvalue weighted by Gasteiger charge is 2.15. The van der Waals surface area contributed by atoms with E-state index in [1.54, 1.807) is 12.3 Å². The summed E-state index contributed by atoms with van der Waals surface area (Å²) in [4.78, 5) is 5.37. The zero-order valence-electron chi connectivity index (χ0n) is 13.8. The summed E-state index contributed by atoms with van der Waals surface area (Å²) < 4.78 is 0. The van der Waals surface area contributed by atoms with Crippen molar-refractivity contribution in [3.05, 3.63) is 70.8 Å². The summed E-state index contributed by atoms with van der Waals surface area (Å²) in [5, 5.41) is 13.1. The van der Waals surface area contributed by atoms with Crippen molar-refractivity contribution in [3.63, 3.8) is 0 Å². The van der Waals surface area contributed by atoms with Crippen LogP contribution in [-0.2, 0) is 11.4 Å². The quantitative estimate of drug-likeness (QED) is 0.565. The first-order valence-electron chi connectivity index (χ1n) is 8.60. The van der Waals surface area contributed by atoms with Crippen LogP contribution in [0.5, 0.6) is 0 Å². The number of hydrogen-bond donors (Lipinski definition) is 0. The van der Waals surface area contributed by atoms with E-state index < -0.39 is 0 Å². The van der Waals surface area contributed by atoms with Crippen molar-refractivity contribution in [2.45, 2.75) is 44.6 Å². The minimum absolute atomic E-state index is 0.308. The Kier molecular flexibility index (Phi) is 5.63. The van der Waals surface area contributed by atoms with Crippen molar-refractivity contribution in [1.82, 2.24) is 0 Å². The van der Waals surface area contributed by atoms with Crippen LogP contribution in [0, 0.1) is 11.3 Å². The Labute approximate surface area is 143 Å². The van der Waals surface area contributed by atoms with E-state index in [-0.39, 0.29) is 0 Å². The summed E-state index contributed by atoms with van der Waals surface area (Å²) in [7, 11) is 0. The first kappa shape index (κ1) is 16.3. The summed E-state index contributed by atoms with van der Waals surface area (Å²) in [6.07, 6.45) is 8.38. The lowest BCUT2D eigenvalue weighted by molar-refractivity contribution is 0.132. The number of benzene rings is 2. The zero-order valence-corrected chi connectivity index (χ0v) is 13.8. The number of hydrogen-bond acceptors (Lipinski definition) is 3. The van der Waals surface area contributed by atoms with Crippen molar-refractivity contribution in [2.24, 2.45) is 5.16 Å². The minimum Gasteiger partial charge on any atom is -0.391 e. The lowest BCUT2D eigenvalue weighted by Crippen LogP contribution is -2.04. The molecule has 0 aliphatic heterocycles. The molecule has 0 spiro atoms. The van der Waals surface area contributed by atoms with E-state index in [4.69, 9.17) is 10.1 Å². The normalized spacial score (nSPS) is 15.3. The Morgan fingerprint density at radius 3 is 2.75 bits per heavy atom. The van der Waals surface area contributed by atoms with E-state index >= 15 is 0 Å². The smallest absolute Gasteiger partial charge is 0.143 e. The Morgan fingerprint density at radius 1 is 1.08 bits per heavy atom. The predicted octanol–water partition coefficient (Wildman–Crippen LogP) is 5.16. The van der Waals surface area contributed by atoms with E-state index in [2.05, 4.69) is 29.4 Å². The SMILES string of the molecule is N#Cc1ccccc1CON=Cc1cccc(C2CCCCC2)c1. The van der Waals surface area contributed by atoms with Crippen molar-refractivity contribution in [2.75, 3.05) is 0 Å². The number of nitriles is 1. The maximum absolute atomic E-state index is 9.06. The van der Waals surface area contributed by atoms with E-state index in [9.17, 15) is 0 Å². The Balaban J connectivity index is 1.59. The van der Waals surface area contributed by atoms with Gasteiger partial charge in [-0.25, -0.2) is 0 Å². The molecule has 24 heavy (non-hydrogen) atoms. The van der Waals surface area contributed by atoms with Crippen LogP contribution in [0.1, 0.15) is 60.3 Å². The molecule has 0 saturated heterocycles.